The van der Waals surface area contributed by atoms with Crippen LogP contribution in [0.15, 0.2) is 17.8 Å². The van der Waals surface area contributed by atoms with Crippen molar-refractivity contribution in [3.63, 3.8) is 0 Å². The highest BCUT2D eigenvalue weighted by atomic mass is 32.1. The molecule has 108 valence electrons. The number of carbonyl (C=O) groups is 2. The second kappa shape index (κ2) is 6.04. The molecular formula is C13H17N3O3S. The molecule has 2 aromatic rings. The summed E-state index contributed by atoms with van der Waals surface area (Å²) in [7, 11) is 0. The Hall–Kier alpha value is -1.89. The first-order valence-corrected chi connectivity index (χ1v) is 7.24. The summed E-state index contributed by atoms with van der Waals surface area (Å²) in [5, 5.41) is 10.8. The van der Waals surface area contributed by atoms with Gasteiger partial charge in [-0.25, -0.2) is 4.98 Å². The van der Waals surface area contributed by atoms with Crippen molar-refractivity contribution in [1.29, 1.82) is 0 Å². The zero-order chi connectivity index (χ0) is 14.7. The maximum absolute atomic E-state index is 12.2. The molecule has 0 atom stereocenters. The molecule has 2 heterocycles. The number of nitrogens with zero attached hydrogens (tertiary/aromatic N) is 3. The molecule has 20 heavy (non-hydrogen) atoms. The number of imidazole rings is 1. The van der Waals surface area contributed by atoms with Gasteiger partial charge in [0.15, 0.2) is 4.96 Å². The Labute approximate surface area is 120 Å². The van der Waals surface area contributed by atoms with Crippen LogP contribution in [-0.4, -0.2) is 44.4 Å². The smallest absolute Gasteiger partial charge is 0.323 e. The normalized spacial score (nSPS) is 11.2. The Morgan fingerprint density at radius 1 is 1.50 bits per heavy atom. The number of hydrogen-bond donors (Lipinski definition) is 1. The highest BCUT2D eigenvalue weighted by Gasteiger charge is 2.19. The largest absolute Gasteiger partial charge is 0.480 e. The molecular weight excluding hydrogens is 278 g/mol. The molecule has 0 aliphatic heterocycles. The summed E-state index contributed by atoms with van der Waals surface area (Å²) in [5.41, 5.74) is 0.668. The predicted octanol–water partition coefficient (Wildman–Crippen LogP) is 1.51. The maximum atomic E-state index is 12.2. The Kier molecular flexibility index (Phi) is 4.39. The molecule has 1 amide bonds. The third-order valence-electron chi connectivity index (χ3n) is 2.74. The molecule has 1 N–H and O–H groups in total. The van der Waals surface area contributed by atoms with Crippen LogP contribution in [0.1, 0.15) is 19.5 Å². The van der Waals surface area contributed by atoms with E-state index in [1.165, 1.54) is 16.2 Å². The Morgan fingerprint density at radius 2 is 2.25 bits per heavy atom. The number of amides is 1. The third kappa shape index (κ3) is 3.57. The van der Waals surface area contributed by atoms with Gasteiger partial charge in [-0.2, -0.15) is 0 Å². The van der Waals surface area contributed by atoms with E-state index in [9.17, 15) is 9.59 Å². The molecule has 0 aromatic carbocycles. The number of hydrogen-bond acceptors (Lipinski definition) is 4. The van der Waals surface area contributed by atoms with E-state index in [0.29, 0.717) is 12.2 Å². The quantitative estimate of drug-likeness (QED) is 0.876. The summed E-state index contributed by atoms with van der Waals surface area (Å²) in [4.78, 5) is 29.6. The SMILES string of the molecule is CC(C)CN(CC(=O)O)C(=O)Cc1cn2ccsc2n1. The minimum Gasteiger partial charge on any atom is -0.480 e. The predicted molar refractivity (Wildman–Crippen MR) is 75.8 cm³/mol. The van der Waals surface area contributed by atoms with Gasteiger partial charge >= 0.3 is 5.97 Å². The van der Waals surface area contributed by atoms with E-state index in [1.807, 2.05) is 29.8 Å². The van der Waals surface area contributed by atoms with Gasteiger partial charge < -0.3 is 10.0 Å². The van der Waals surface area contributed by atoms with E-state index in [0.717, 1.165) is 4.96 Å². The Bertz CT molecular complexity index is 589. The molecule has 0 spiro atoms. The van der Waals surface area contributed by atoms with E-state index in [1.54, 1.807) is 6.20 Å². The molecule has 2 aromatic heterocycles. The lowest BCUT2D eigenvalue weighted by molar-refractivity contribution is -0.144. The maximum Gasteiger partial charge on any atom is 0.323 e. The average Bonchev–Trinajstić information content (AvgIpc) is 2.87. The van der Waals surface area contributed by atoms with Gasteiger partial charge in [0.2, 0.25) is 5.91 Å². The van der Waals surface area contributed by atoms with Crippen LogP contribution in [0.5, 0.6) is 0 Å². The van der Waals surface area contributed by atoms with Crippen molar-refractivity contribution in [2.75, 3.05) is 13.1 Å². The van der Waals surface area contributed by atoms with Crippen LogP contribution in [0.4, 0.5) is 0 Å². The van der Waals surface area contributed by atoms with Gasteiger partial charge in [0.1, 0.15) is 6.54 Å². The fraction of sp³-hybridized carbons (Fsp3) is 0.462. The van der Waals surface area contributed by atoms with Crippen LogP contribution >= 0.6 is 11.3 Å². The minimum absolute atomic E-state index is 0.133. The first-order valence-electron chi connectivity index (χ1n) is 6.36. The Balaban J connectivity index is 2.06. The number of aromatic nitrogens is 2. The van der Waals surface area contributed by atoms with Crippen molar-refractivity contribution < 1.29 is 14.7 Å². The highest BCUT2D eigenvalue weighted by molar-refractivity contribution is 7.15. The summed E-state index contributed by atoms with van der Waals surface area (Å²) >= 11 is 1.50. The second-order valence-electron chi connectivity index (χ2n) is 5.06. The molecule has 7 heteroatoms. The summed E-state index contributed by atoms with van der Waals surface area (Å²) < 4.78 is 1.86. The van der Waals surface area contributed by atoms with Gasteiger partial charge in [0.25, 0.3) is 0 Å². The van der Waals surface area contributed by atoms with Crippen molar-refractivity contribution in [2.24, 2.45) is 5.92 Å². The van der Waals surface area contributed by atoms with Crippen molar-refractivity contribution in [1.82, 2.24) is 14.3 Å². The second-order valence-corrected chi connectivity index (χ2v) is 5.94. The number of carbonyl (C=O) groups excluding carboxylic acids is 1. The molecule has 0 radical (unpaired) electrons. The lowest BCUT2D eigenvalue weighted by atomic mass is 10.2. The molecule has 2 rings (SSSR count). The van der Waals surface area contributed by atoms with Gasteiger partial charge in [-0.3, -0.25) is 14.0 Å². The number of carboxylic acids is 1. The first-order chi connectivity index (χ1) is 9.45. The average molecular weight is 295 g/mol. The number of thiazole rings is 1. The van der Waals surface area contributed by atoms with Crippen molar-refractivity contribution in [2.45, 2.75) is 20.3 Å². The fourth-order valence-electron chi connectivity index (χ4n) is 1.99. The number of carboxylic acid groups (broad SMARTS) is 1. The molecule has 0 unspecified atom stereocenters. The first kappa shape index (κ1) is 14.5. The van der Waals surface area contributed by atoms with Crippen molar-refractivity contribution in [3.8, 4) is 0 Å². The zero-order valence-electron chi connectivity index (χ0n) is 11.4. The lowest BCUT2D eigenvalue weighted by Gasteiger charge is -2.22. The zero-order valence-corrected chi connectivity index (χ0v) is 12.3. The highest BCUT2D eigenvalue weighted by Crippen LogP contribution is 2.12. The number of fused-ring (bicyclic) bond motifs is 1. The number of aliphatic carboxylic acids is 1. The van der Waals surface area contributed by atoms with Crippen LogP contribution in [0.3, 0.4) is 0 Å². The lowest BCUT2D eigenvalue weighted by Crippen LogP contribution is -2.39. The van der Waals surface area contributed by atoms with E-state index in [2.05, 4.69) is 4.98 Å². The van der Waals surface area contributed by atoms with Crippen LogP contribution in [-0.2, 0) is 16.0 Å². The fourth-order valence-corrected chi connectivity index (χ4v) is 2.71. The van der Waals surface area contributed by atoms with Gasteiger partial charge in [0.05, 0.1) is 12.1 Å². The van der Waals surface area contributed by atoms with E-state index in [4.69, 9.17) is 5.11 Å². The van der Waals surface area contributed by atoms with Gasteiger partial charge in [0, 0.05) is 24.3 Å². The molecule has 0 fully saturated rings. The van der Waals surface area contributed by atoms with Gasteiger partial charge in [-0.05, 0) is 5.92 Å². The van der Waals surface area contributed by atoms with Gasteiger partial charge in [-0.1, -0.05) is 13.8 Å². The van der Waals surface area contributed by atoms with Gasteiger partial charge in [-0.15, -0.1) is 11.3 Å². The molecule has 0 saturated heterocycles. The van der Waals surface area contributed by atoms with E-state index >= 15 is 0 Å². The van der Waals surface area contributed by atoms with Crippen LogP contribution in [0.2, 0.25) is 0 Å². The van der Waals surface area contributed by atoms with Crippen molar-refractivity contribution >= 4 is 28.2 Å². The molecule has 6 nitrogen and oxygen atoms in total. The monoisotopic (exact) mass is 295 g/mol. The van der Waals surface area contributed by atoms with Crippen LogP contribution < -0.4 is 0 Å². The topological polar surface area (TPSA) is 74.9 Å². The summed E-state index contributed by atoms with van der Waals surface area (Å²) in [6.45, 7) is 4.08. The standard InChI is InChI=1S/C13H17N3O3S/c1-9(2)6-16(8-12(18)19)11(17)5-10-7-15-3-4-20-13(15)14-10/h3-4,7,9H,5-6,8H2,1-2H3,(H,18,19). The van der Waals surface area contributed by atoms with E-state index < -0.39 is 5.97 Å². The molecule has 0 aliphatic carbocycles. The summed E-state index contributed by atoms with van der Waals surface area (Å²) in [5.74, 6) is -0.972. The summed E-state index contributed by atoms with van der Waals surface area (Å²) in [6, 6.07) is 0. The third-order valence-corrected chi connectivity index (χ3v) is 3.51. The van der Waals surface area contributed by atoms with E-state index in [-0.39, 0.29) is 24.8 Å². The minimum atomic E-state index is -0.996. The van der Waals surface area contributed by atoms with Crippen LogP contribution in [0, 0.1) is 5.92 Å². The summed E-state index contributed by atoms with van der Waals surface area (Å²) in [6.07, 6.45) is 3.82. The molecule has 0 aliphatic rings. The van der Waals surface area contributed by atoms with Crippen LogP contribution in [0.25, 0.3) is 4.96 Å². The molecule has 0 bridgehead atoms. The number of rotatable bonds is 6. The molecule has 0 saturated carbocycles. The Morgan fingerprint density at radius 3 is 2.85 bits per heavy atom. The van der Waals surface area contributed by atoms with Crippen molar-refractivity contribution in [3.05, 3.63) is 23.5 Å².